The Kier molecular flexibility index (Phi) is 5.73. The molecule has 3 heteroatoms. The number of halogens is 1. The third-order valence-corrected chi connectivity index (χ3v) is 5.25. The first kappa shape index (κ1) is 16.8. The Morgan fingerprint density at radius 2 is 1.42 bits per heavy atom. The van der Waals surface area contributed by atoms with Gasteiger partial charge in [-0.3, -0.25) is 4.79 Å². The number of ketones is 1. The van der Waals surface area contributed by atoms with Gasteiger partial charge in [0.1, 0.15) is 0 Å². The second-order valence-corrected chi connectivity index (χ2v) is 7.18. The summed E-state index contributed by atoms with van der Waals surface area (Å²) in [4.78, 5) is 13.7. The molecular weight excluding hydrogens is 336 g/mol. The Bertz CT molecular complexity index is 785. The molecule has 0 fully saturated rings. The molecule has 1 unspecified atom stereocenters. The van der Waals surface area contributed by atoms with Crippen LogP contribution in [0, 0.1) is 0 Å². The number of hydrogen-bond donors (Lipinski definition) is 0. The first-order valence-corrected chi connectivity index (χ1v) is 9.03. The number of Topliss-reactive ketones (excluding diaryl/α,β-unsaturated/α-hetero) is 1. The van der Waals surface area contributed by atoms with Crippen LogP contribution >= 0.6 is 23.4 Å². The highest BCUT2D eigenvalue weighted by Gasteiger charge is 2.18. The van der Waals surface area contributed by atoms with Crippen molar-refractivity contribution in [2.45, 2.75) is 16.6 Å². The molecule has 1 nitrogen and oxygen atoms in total. The zero-order valence-electron chi connectivity index (χ0n) is 13.1. The Morgan fingerprint density at radius 3 is 2.04 bits per heavy atom. The van der Waals surface area contributed by atoms with E-state index in [1.54, 1.807) is 11.8 Å². The van der Waals surface area contributed by atoms with E-state index in [1.165, 1.54) is 0 Å². The van der Waals surface area contributed by atoms with E-state index in [0.29, 0.717) is 6.42 Å². The Hall–Kier alpha value is -2.03. The van der Waals surface area contributed by atoms with Gasteiger partial charge in [-0.05, 0) is 29.8 Å². The zero-order valence-corrected chi connectivity index (χ0v) is 14.6. The predicted octanol–water partition coefficient (Wildman–Crippen LogP) is 6.45. The van der Waals surface area contributed by atoms with E-state index in [9.17, 15) is 4.79 Å². The zero-order chi connectivity index (χ0) is 16.8. The van der Waals surface area contributed by atoms with Crippen LogP contribution in [0.25, 0.3) is 0 Å². The summed E-state index contributed by atoms with van der Waals surface area (Å²) in [5.74, 6) is 0.158. The molecule has 0 amide bonds. The fraction of sp³-hybridized carbons (Fsp3) is 0.0952. The summed E-state index contributed by atoms with van der Waals surface area (Å²) in [6.07, 6.45) is 0.460. The van der Waals surface area contributed by atoms with Crippen molar-refractivity contribution >= 4 is 29.1 Å². The minimum Gasteiger partial charge on any atom is -0.294 e. The second-order valence-electron chi connectivity index (χ2n) is 5.46. The van der Waals surface area contributed by atoms with Gasteiger partial charge in [0.2, 0.25) is 0 Å². The molecule has 0 aliphatic heterocycles. The van der Waals surface area contributed by atoms with Crippen molar-refractivity contribution in [1.82, 2.24) is 0 Å². The minimum absolute atomic E-state index is 0.0695. The van der Waals surface area contributed by atoms with Crippen LogP contribution in [0.1, 0.15) is 27.6 Å². The highest BCUT2D eigenvalue weighted by atomic mass is 35.5. The van der Waals surface area contributed by atoms with Crippen molar-refractivity contribution in [1.29, 1.82) is 0 Å². The third-order valence-electron chi connectivity index (χ3n) is 3.73. The molecule has 0 saturated heterocycles. The van der Waals surface area contributed by atoms with Gasteiger partial charge in [0.15, 0.2) is 5.78 Å². The molecule has 120 valence electrons. The number of benzene rings is 3. The van der Waals surface area contributed by atoms with Gasteiger partial charge in [-0.15, -0.1) is 11.8 Å². The van der Waals surface area contributed by atoms with Crippen molar-refractivity contribution in [2.75, 3.05) is 0 Å². The van der Waals surface area contributed by atoms with Gasteiger partial charge in [-0.25, -0.2) is 0 Å². The van der Waals surface area contributed by atoms with E-state index in [4.69, 9.17) is 11.6 Å². The first-order chi connectivity index (χ1) is 11.7. The van der Waals surface area contributed by atoms with E-state index in [1.807, 2.05) is 72.8 Å². The Morgan fingerprint density at radius 1 is 0.833 bits per heavy atom. The van der Waals surface area contributed by atoms with Crippen LogP contribution < -0.4 is 0 Å². The molecule has 0 heterocycles. The first-order valence-electron chi connectivity index (χ1n) is 7.78. The summed E-state index contributed by atoms with van der Waals surface area (Å²) in [5, 5.41) is 0.788. The van der Waals surface area contributed by atoms with Crippen molar-refractivity contribution in [2.24, 2.45) is 0 Å². The third kappa shape index (κ3) is 4.50. The van der Waals surface area contributed by atoms with Gasteiger partial charge in [-0.1, -0.05) is 72.3 Å². The molecule has 0 spiro atoms. The fourth-order valence-corrected chi connectivity index (χ4v) is 3.76. The Balaban J connectivity index is 1.82. The molecule has 3 aromatic rings. The molecule has 0 N–H and O–H groups in total. The number of thioether (sulfide) groups is 1. The number of rotatable bonds is 6. The van der Waals surface area contributed by atoms with Gasteiger partial charge in [0, 0.05) is 27.2 Å². The molecule has 0 aliphatic rings. The van der Waals surface area contributed by atoms with Gasteiger partial charge in [0.25, 0.3) is 0 Å². The fourth-order valence-electron chi connectivity index (χ4n) is 2.48. The van der Waals surface area contributed by atoms with E-state index in [0.717, 1.165) is 21.0 Å². The van der Waals surface area contributed by atoms with Crippen LogP contribution in [0.15, 0.2) is 89.8 Å². The van der Waals surface area contributed by atoms with Gasteiger partial charge < -0.3 is 0 Å². The molecule has 1 atom stereocenters. The molecular formula is C21H17ClOS. The van der Waals surface area contributed by atoms with Gasteiger partial charge in [0.05, 0.1) is 0 Å². The maximum Gasteiger partial charge on any atom is 0.164 e. The van der Waals surface area contributed by atoms with E-state index >= 15 is 0 Å². The number of carbonyl (C=O) groups excluding carboxylic acids is 1. The van der Waals surface area contributed by atoms with Crippen LogP contribution in [0.3, 0.4) is 0 Å². The average molecular weight is 353 g/mol. The summed E-state index contributed by atoms with van der Waals surface area (Å²) in [5.41, 5.74) is 1.91. The molecule has 3 aromatic carbocycles. The lowest BCUT2D eigenvalue weighted by molar-refractivity contribution is 0.0982. The second kappa shape index (κ2) is 8.18. The van der Waals surface area contributed by atoms with Crippen molar-refractivity contribution in [3.05, 3.63) is 101 Å². The standard InChI is InChI=1S/C21H17ClOS/c22-18-11-13-19(14-12-18)24-21(17-9-5-2-6-10-17)15-20(23)16-7-3-1-4-8-16/h1-14,21H,15H2. The molecule has 0 aromatic heterocycles. The Labute approximate surface area is 151 Å². The number of carbonyl (C=O) groups is 1. The van der Waals surface area contributed by atoms with E-state index < -0.39 is 0 Å². The van der Waals surface area contributed by atoms with Gasteiger partial charge in [-0.2, -0.15) is 0 Å². The minimum atomic E-state index is 0.0695. The van der Waals surface area contributed by atoms with Crippen molar-refractivity contribution in [3.63, 3.8) is 0 Å². The van der Waals surface area contributed by atoms with Crippen LogP contribution in [-0.4, -0.2) is 5.78 Å². The smallest absolute Gasteiger partial charge is 0.164 e. The number of hydrogen-bond acceptors (Lipinski definition) is 2. The SMILES string of the molecule is O=C(CC(Sc1ccc(Cl)cc1)c1ccccc1)c1ccccc1. The van der Waals surface area contributed by atoms with Crippen LogP contribution in [-0.2, 0) is 0 Å². The highest BCUT2D eigenvalue weighted by Crippen LogP contribution is 2.38. The maximum absolute atomic E-state index is 12.6. The largest absolute Gasteiger partial charge is 0.294 e. The quantitative estimate of drug-likeness (QED) is 0.374. The van der Waals surface area contributed by atoms with Crippen molar-refractivity contribution in [3.8, 4) is 0 Å². The molecule has 24 heavy (non-hydrogen) atoms. The summed E-state index contributed by atoms with van der Waals surface area (Å²) < 4.78 is 0. The molecule has 0 radical (unpaired) electrons. The molecule has 0 aliphatic carbocycles. The molecule has 3 rings (SSSR count). The summed E-state index contributed by atoms with van der Waals surface area (Å²) in [7, 11) is 0. The topological polar surface area (TPSA) is 17.1 Å². The summed E-state index contributed by atoms with van der Waals surface area (Å²) >= 11 is 7.66. The summed E-state index contributed by atoms with van der Waals surface area (Å²) in [6.45, 7) is 0. The van der Waals surface area contributed by atoms with Gasteiger partial charge >= 0.3 is 0 Å². The molecule has 0 bridgehead atoms. The normalized spacial score (nSPS) is 11.9. The van der Waals surface area contributed by atoms with Crippen LogP contribution in [0.4, 0.5) is 0 Å². The van der Waals surface area contributed by atoms with Crippen LogP contribution in [0.2, 0.25) is 5.02 Å². The highest BCUT2D eigenvalue weighted by molar-refractivity contribution is 7.99. The molecule has 0 saturated carbocycles. The lowest BCUT2D eigenvalue weighted by Crippen LogP contribution is -2.05. The summed E-state index contributed by atoms with van der Waals surface area (Å²) in [6, 6.07) is 27.4. The van der Waals surface area contributed by atoms with E-state index in [-0.39, 0.29) is 11.0 Å². The van der Waals surface area contributed by atoms with Crippen molar-refractivity contribution < 1.29 is 4.79 Å². The lowest BCUT2D eigenvalue weighted by Gasteiger charge is -2.17. The average Bonchev–Trinajstić information content (AvgIpc) is 2.64. The lowest BCUT2D eigenvalue weighted by atomic mass is 10.0. The predicted molar refractivity (Wildman–Crippen MR) is 102 cm³/mol. The van der Waals surface area contributed by atoms with E-state index in [2.05, 4.69) is 12.1 Å². The maximum atomic E-state index is 12.6. The van der Waals surface area contributed by atoms with Crippen LogP contribution in [0.5, 0.6) is 0 Å². The monoisotopic (exact) mass is 352 g/mol.